The van der Waals surface area contributed by atoms with E-state index in [-0.39, 0.29) is 0 Å². The predicted molar refractivity (Wildman–Crippen MR) is 103 cm³/mol. The summed E-state index contributed by atoms with van der Waals surface area (Å²) < 4.78 is 16.0. The van der Waals surface area contributed by atoms with Gasteiger partial charge in [-0.2, -0.15) is 0 Å². The van der Waals surface area contributed by atoms with E-state index in [0.717, 1.165) is 37.0 Å². The quantitative estimate of drug-likeness (QED) is 0.401. The van der Waals surface area contributed by atoms with Gasteiger partial charge >= 0.3 is 0 Å². The molecule has 0 atom stereocenters. The van der Waals surface area contributed by atoms with Crippen molar-refractivity contribution in [3.63, 3.8) is 0 Å². The van der Waals surface area contributed by atoms with E-state index < -0.39 is 0 Å². The summed E-state index contributed by atoms with van der Waals surface area (Å²) in [6.07, 6.45) is 2.52. The maximum Gasteiger partial charge on any atom is 0.193 e. The van der Waals surface area contributed by atoms with Crippen molar-refractivity contribution in [2.75, 3.05) is 33.9 Å². The molecule has 26 heavy (non-hydrogen) atoms. The number of furan rings is 1. The van der Waals surface area contributed by atoms with Crippen LogP contribution in [0.1, 0.15) is 24.7 Å². The van der Waals surface area contributed by atoms with Crippen LogP contribution in [0.2, 0.25) is 0 Å². The first-order chi connectivity index (χ1) is 12.7. The van der Waals surface area contributed by atoms with Gasteiger partial charge in [0.05, 0.1) is 13.4 Å². The molecule has 142 valence electrons. The lowest BCUT2D eigenvalue weighted by Gasteiger charge is -2.22. The third-order valence-corrected chi connectivity index (χ3v) is 3.81. The number of ether oxygens (including phenoxy) is 2. The van der Waals surface area contributed by atoms with Crippen LogP contribution in [-0.4, -0.2) is 44.7 Å². The molecule has 0 saturated carbocycles. The maximum absolute atomic E-state index is 5.59. The Morgan fingerprint density at radius 2 is 2.04 bits per heavy atom. The summed E-state index contributed by atoms with van der Waals surface area (Å²) in [6.45, 7) is 5.57. The number of aliphatic imine (C=N–C) groups is 1. The zero-order chi connectivity index (χ0) is 18.6. The van der Waals surface area contributed by atoms with Crippen molar-refractivity contribution in [2.45, 2.75) is 26.5 Å². The third kappa shape index (κ3) is 6.80. The van der Waals surface area contributed by atoms with Gasteiger partial charge in [0.2, 0.25) is 0 Å². The maximum atomic E-state index is 5.59. The summed E-state index contributed by atoms with van der Waals surface area (Å²) in [7, 11) is 3.72. The minimum absolute atomic E-state index is 0.508. The Bertz CT molecular complexity index is 639. The van der Waals surface area contributed by atoms with Crippen molar-refractivity contribution < 1.29 is 13.9 Å². The first-order valence-electron chi connectivity index (χ1n) is 8.95. The standard InChI is InChI=1S/C20H29N3O3/c1-4-21-20(22-12-6-13-25-16-19-7-5-14-26-19)23(2)15-17-8-10-18(24-3)11-9-17/h5,7-11,14H,4,6,12-13,15-16H2,1-3H3,(H,21,22). The van der Waals surface area contributed by atoms with Gasteiger partial charge in [0, 0.05) is 33.3 Å². The van der Waals surface area contributed by atoms with Gasteiger partial charge < -0.3 is 24.1 Å². The van der Waals surface area contributed by atoms with Crippen LogP contribution in [0.25, 0.3) is 0 Å². The number of methoxy groups -OCH3 is 1. The van der Waals surface area contributed by atoms with Gasteiger partial charge in [-0.1, -0.05) is 12.1 Å². The Hall–Kier alpha value is -2.47. The highest BCUT2D eigenvalue weighted by Crippen LogP contribution is 2.12. The molecule has 0 amide bonds. The topological polar surface area (TPSA) is 59.2 Å². The zero-order valence-electron chi connectivity index (χ0n) is 15.9. The van der Waals surface area contributed by atoms with Crippen LogP contribution in [0.15, 0.2) is 52.1 Å². The molecular weight excluding hydrogens is 330 g/mol. The van der Waals surface area contributed by atoms with Crippen molar-refractivity contribution in [3.05, 3.63) is 54.0 Å². The number of nitrogens with one attached hydrogen (secondary N) is 1. The van der Waals surface area contributed by atoms with Crippen LogP contribution in [0, 0.1) is 0 Å². The summed E-state index contributed by atoms with van der Waals surface area (Å²) in [5.41, 5.74) is 1.21. The lowest BCUT2D eigenvalue weighted by Crippen LogP contribution is -2.38. The van der Waals surface area contributed by atoms with E-state index in [1.165, 1.54) is 5.56 Å². The number of guanidine groups is 1. The molecule has 1 aromatic carbocycles. The molecule has 0 bridgehead atoms. The Balaban J connectivity index is 1.76. The second-order valence-electron chi connectivity index (χ2n) is 5.93. The van der Waals surface area contributed by atoms with Crippen molar-refractivity contribution in [2.24, 2.45) is 4.99 Å². The summed E-state index contributed by atoms with van der Waals surface area (Å²) in [4.78, 5) is 6.80. The fourth-order valence-corrected chi connectivity index (χ4v) is 2.47. The van der Waals surface area contributed by atoms with E-state index >= 15 is 0 Å². The van der Waals surface area contributed by atoms with Crippen molar-refractivity contribution in [1.82, 2.24) is 10.2 Å². The highest BCUT2D eigenvalue weighted by molar-refractivity contribution is 5.79. The molecule has 0 aliphatic rings. The van der Waals surface area contributed by atoms with E-state index in [4.69, 9.17) is 13.9 Å². The molecular formula is C20H29N3O3. The smallest absolute Gasteiger partial charge is 0.193 e. The van der Waals surface area contributed by atoms with Gasteiger partial charge in [0.1, 0.15) is 18.1 Å². The number of nitrogens with zero attached hydrogens (tertiary/aromatic N) is 2. The van der Waals surface area contributed by atoms with Crippen LogP contribution in [-0.2, 0) is 17.9 Å². The lowest BCUT2D eigenvalue weighted by molar-refractivity contribution is 0.105. The van der Waals surface area contributed by atoms with E-state index in [1.807, 2.05) is 31.3 Å². The summed E-state index contributed by atoms with van der Waals surface area (Å²) in [5.74, 6) is 2.61. The number of benzene rings is 1. The highest BCUT2D eigenvalue weighted by atomic mass is 16.5. The Kier molecular flexibility index (Phi) is 8.55. The molecule has 1 N–H and O–H groups in total. The van der Waals surface area contributed by atoms with Crippen molar-refractivity contribution >= 4 is 5.96 Å². The van der Waals surface area contributed by atoms with Crippen LogP contribution >= 0.6 is 0 Å². The minimum atomic E-state index is 0.508. The fourth-order valence-electron chi connectivity index (χ4n) is 2.47. The first-order valence-corrected chi connectivity index (χ1v) is 8.95. The molecule has 0 aliphatic heterocycles. The van der Waals surface area contributed by atoms with Crippen molar-refractivity contribution in [1.29, 1.82) is 0 Å². The molecule has 6 heteroatoms. The predicted octanol–water partition coefficient (Wildman–Crippen LogP) is 3.29. The fraction of sp³-hybridized carbons (Fsp3) is 0.450. The largest absolute Gasteiger partial charge is 0.497 e. The second-order valence-corrected chi connectivity index (χ2v) is 5.93. The van der Waals surface area contributed by atoms with Crippen LogP contribution in [0.4, 0.5) is 0 Å². The molecule has 0 fully saturated rings. The Morgan fingerprint density at radius 3 is 2.69 bits per heavy atom. The van der Waals surface area contributed by atoms with Crippen LogP contribution in [0.5, 0.6) is 5.75 Å². The number of hydrogen-bond acceptors (Lipinski definition) is 4. The van der Waals surface area contributed by atoms with Crippen molar-refractivity contribution in [3.8, 4) is 5.75 Å². The normalized spacial score (nSPS) is 11.4. The molecule has 0 spiro atoms. The van der Waals surface area contributed by atoms with Crippen LogP contribution < -0.4 is 10.1 Å². The average molecular weight is 359 g/mol. The minimum Gasteiger partial charge on any atom is -0.497 e. The molecule has 0 unspecified atom stereocenters. The van der Waals surface area contributed by atoms with E-state index in [0.29, 0.717) is 19.8 Å². The number of hydrogen-bond donors (Lipinski definition) is 1. The molecule has 6 nitrogen and oxygen atoms in total. The highest BCUT2D eigenvalue weighted by Gasteiger charge is 2.06. The van der Waals surface area contributed by atoms with Gasteiger partial charge in [-0.3, -0.25) is 4.99 Å². The van der Waals surface area contributed by atoms with Gasteiger partial charge in [-0.25, -0.2) is 0 Å². The Morgan fingerprint density at radius 1 is 1.23 bits per heavy atom. The van der Waals surface area contributed by atoms with Gasteiger partial charge in [-0.15, -0.1) is 0 Å². The zero-order valence-corrected chi connectivity index (χ0v) is 15.9. The SMILES string of the molecule is CCNC(=NCCCOCc1ccco1)N(C)Cc1ccc(OC)cc1. The molecule has 1 aromatic heterocycles. The molecule has 2 rings (SSSR count). The summed E-state index contributed by atoms with van der Waals surface area (Å²) >= 11 is 0. The van der Waals surface area contributed by atoms with Gasteiger partial charge in [0.25, 0.3) is 0 Å². The number of rotatable bonds is 10. The molecule has 0 saturated heterocycles. The lowest BCUT2D eigenvalue weighted by atomic mass is 10.2. The molecule has 0 aliphatic carbocycles. The molecule has 0 radical (unpaired) electrons. The van der Waals surface area contributed by atoms with Crippen LogP contribution in [0.3, 0.4) is 0 Å². The van der Waals surface area contributed by atoms with E-state index in [2.05, 4.69) is 34.3 Å². The molecule has 2 aromatic rings. The third-order valence-electron chi connectivity index (χ3n) is 3.81. The molecule has 1 heterocycles. The summed E-state index contributed by atoms with van der Waals surface area (Å²) in [6, 6.07) is 11.9. The first kappa shape index (κ1) is 19.8. The van der Waals surface area contributed by atoms with Gasteiger partial charge in [-0.05, 0) is 43.2 Å². The average Bonchev–Trinajstić information content (AvgIpc) is 3.17. The van der Waals surface area contributed by atoms with E-state index in [9.17, 15) is 0 Å². The Labute approximate surface area is 155 Å². The van der Waals surface area contributed by atoms with Gasteiger partial charge in [0.15, 0.2) is 5.96 Å². The monoisotopic (exact) mass is 359 g/mol. The summed E-state index contributed by atoms with van der Waals surface area (Å²) in [5, 5.41) is 3.33. The second kappa shape index (κ2) is 11.2. The van der Waals surface area contributed by atoms with E-state index in [1.54, 1.807) is 13.4 Å².